The highest BCUT2D eigenvalue weighted by atomic mass is 32.2. The van der Waals surface area contributed by atoms with Crippen LogP contribution in [0, 0.1) is 6.92 Å². The van der Waals surface area contributed by atoms with E-state index in [1.54, 1.807) is 24.9 Å². The molecular formula is C24H26N4O4S. The van der Waals surface area contributed by atoms with Gasteiger partial charge in [0, 0.05) is 29.6 Å². The van der Waals surface area contributed by atoms with Crippen LogP contribution in [-0.4, -0.2) is 39.6 Å². The van der Waals surface area contributed by atoms with E-state index in [0.29, 0.717) is 22.7 Å². The predicted octanol–water partition coefficient (Wildman–Crippen LogP) is 3.70. The van der Waals surface area contributed by atoms with E-state index in [9.17, 15) is 9.59 Å². The van der Waals surface area contributed by atoms with Gasteiger partial charge in [0.2, 0.25) is 5.91 Å². The number of aryl methyl sites for hydroxylation is 1. The molecule has 4 rings (SSSR count). The molecule has 0 bridgehead atoms. The molecule has 3 aromatic heterocycles. The molecule has 8 nitrogen and oxygen atoms in total. The predicted molar refractivity (Wildman–Crippen MR) is 129 cm³/mol. The fourth-order valence-corrected chi connectivity index (χ4v) is 4.37. The van der Waals surface area contributed by atoms with Crippen molar-refractivity contribution in [3.8, 4) is 5.75 Å². The zero-order valence-corrected chi connectivity index (χ0v) is 19.6. The second-order valence-corrected chi connectivity index (χ2v) is 8.73. The molecule has 0 aliphatic carbocycles. The lowest BCUT2D eigenvalue weighted by molar-refractivity contribution is -0.121. The lowest BCUT2D eigenvalue weighted by Gasteiger charge is -2.17. The summed E-state index contributed by atoms with van der Waals surface area (Å²) in [7, 11) is 1.56. The molecule has 1 unspecified atom stereocenters. The number of ether oxygens (including phenoxy) is 1. The molecule has 1 amide bonds. The lowest BCUT2D eigenvalue weighted by Crippen LogP contribution is -2.31. The highest BCUT2D eigenvalue weighted by Crippen LogP contribution is 2.25. The zero-order chi connectivity index (χ0) is 23.4. The summed E-state index contributed by atoms with van der Waals surface area (Å²) in [5.74, 6) is 2.03. The van der Waals surface area contributed by atoms with Gasteiger partial charge in [0.1, 0.15) is 11.3 Å². The van der Waals surface area contributed by atoms with Crippen LogP contribution in [0.3, 0.4) is 0 Å². The molecule has 1 N–H and O–H groups in total. The van der Waals surface area contributed by atoms with E-state index in [1.165, 1.54) is 0 Å². The Morgan fingerprint density at radius 2 is 2.12 bits per heavy atom. The summed E-state index contributed by atoms with van der Waals surface area (Å²) in [6.07, 6.45) is 5.10. The van der Waals surface area contributed by atoms with Crippen molar-refractivity contribution in [2.75, 3.05) is 19.1 Å². The van der Waals surface area contributed by atoms with E-state index >= 15 is 0 Å². The summed E-state index contributed by atoms with van der Waals surface area (Å²) in [5.41, 5.74) is 2.11. The van der Waals surface area contributed by atoms with Crippen molar-refractivity contribution in [3.05, 3.63) is 70.0 Å². The molecule has 9 heteroatoms. The van der Waals surface area contributed by atoms with Crippen molar-refractivity contribution in [3.63, 3.8) is 0 Å². The summed E-state index contributed by atoms with van der Waals surface area (Å²) < 4.78 is 12.6. The van der Waals surface area contributed by atoms with Gasteiger partial charge in [0.05, 0.1) is 13.2 Å². The Morgan fingerprint density at radius 1 is 1.27 bits per heavy atom. The van der Waals surface area contributed by atoms with Gasteiger partial charge in [-0.15, -0.1) is 10.2 Å². The number of thioether (sulfide) groups is 1. The number of rotatable bonds is 9. The normalized spacial score (nSPS) is 12.2. The third-order valence-corrected chi connectivity index (χ3v) is 6.34. The van der Waals surface area contributed by atoms with E-state index < -0.39 is 5.63 Å². The van der Waals surface area contributed by atoms with E-state index in [1.807, 2.05) is 54.1 Å². The van der Waals surface area contributed by atoms with Crippen molar-refractivity contribution >= 4 is 34.3 Å². The number of amides is 1. The molecular weight excluding hydrogens is 440 g/mol. The minimum atomic E-state index is -0.427. The number of carbonyl (C=O) groups excluding carboxylic acids is 1. The van der Waals surface area contributed by atoms with Crippen LogP contribution in [0.25, 0.3) is 16.6 Å². The van der Waals surface area contributed by atoms with Gasteiger partial charge in [-0.25, -0.2) is 4.79 Å². The molecule has 1 atom stereocenters. The molecule has 0 saturated heterocycles. The fourth-order valence-electron chi connectivity index (χ4n) is 3.89. The first-order valence-corrected chi connectivity index (χ1v) is 12.1. The SMILES string of the molecule is COc1ccc2c(C)c(CCC(=O)NC(CCSC)c3nnc4ccccn34)c(=O)oc2c1. The maximum atomic E-state index is 12.9. The van der Waals surface area contributed by atoms with Crippen LogP contribution in [0.5, 0.6) is 5.75 Å². The number of hydrogen-bond donors (Lipinski definition) is 1. The number of hydrogen-bond acceptors (Lipinski definition) is 7. The number of carbonyl (C=O) groups is 1. The zero-order valence-electron chi connectivity index (χ0n) is 18.8. The number of methoxy groups -OCH3 is 1. The molecule has 4 aromatic rings. The summed E-state index contributed by atoms with van der Waals surface area (Å²) in [5, 5.41) is 12.4. The van der Waals surface area contributed by atoms with Gasteiger partial charge < -0.3 is 14.5 Å². The molecule has 0 aliphatic heterocycles. The van der Waals surface area contributed by atoms with Crippen molar-refractivity contribution in [2.24, 2.45) is 0 Å². The molecule has 0 fully saturated rings. The molecule has 0 spiro atoms. The molecule has 0 saturated carbocycles. The average Bonchev–Trinajstić information content (AvgIpc) is 3.25. The summed E-state index contributed by atoms with van der Waals surface area (Å²) in [6, 6.07) is 10.8. The number of benzene rings is 1. The second kappa shape index (κ2) is 10.1. The monoisotopic (exact) mass is 466 g/mol. The Kier molecular flexibility index (Phi) is 6.98. The maximum absolute atomic E-state index is 12.9. The average molecular weight is 467 g/mol. The first-order valence-electron chi connectivity index (χ1n) is 10.7. The highest BCUT2D eigenvalue weighted by Gasteiger charge is 2.21. The maximum Gasteiger partial charge on any atom is 0.339 e. The van der Waals surface area contributed by atoms with Crippen LogP contribution in [-0.2, 0) is 11.2 Å². The Balaban J connectivity index is 1.51. The Labute approximate surface area is 195 Å². The van der Waals surface area contributed by atoms with Gasteiger partial charge in [0.25, 0.3) is 0 Å². The molecule has 1 aromatic carbocycles. The third kappa shape index (κ3) is 4.88. The molecule has 33 heavy (non-hydrogen) atoms. The number of aromatic nitrogens is 3. The summed E-state index contributed by atoms with van der Waals surface area (Å²) in [6.45, 7) is 1.88. The summed E-state index contributed by atoms with van der Waals surface area (Å²) in [4.78, 5) is 25.5. The van der Waals surface area contributed by atoms with Gasteiger partial charge in [-0.1, -0.05) is 6.07 Å². The first-order chi connectivity index (χ1) is 16.0. The lowest BCUT2D eigenvalue weighted by atomic mass is 10.0. The Bertz CT molecular complexity index is 1350. The van der Waals surface area contributed by atoms with Crippen LogP contribution in [0.2, 0.25) is 0 Å². The van der Waals surface area contributed by atoms with Crippen LogP contribution in [0.15, 0.2) is 51.8 Å². The van der Waals surface area contributed by atoms with Crippen molar-refractivity contribution in [2.45, 2.75) is 32.2 Å². The first kappa shape index (κ1) is 22.8. The van der Waals surface area contributed by atoms with Crippen molar-refractivity contribution in [1.82, 2.24) is 19.9 Å². The van der Waals surface area contributed by atoms with E-state index in [-0.39, 0.29) is 24.8 Å². The van der Waals surface area contributed by atoms with E-state index in [2.05, 4.69) is 15.5 Å². The van der Waals surface area contributed by atoms with Gasteiger partial charge in [-0.2, -0.15) is 11.8 Å². The van der Waals surface area contributed by atoms with Gasteiger partial charge in [-0.05, 0) is 61.6 Å². The Morgan fingerprint density at radius 3 is 2.91 bits per heavy atom. The van der Waals surface area contributed by atoms with Crippen LogP contribution < -0.4 is 15.7 Å². The second-order valence-electron chi connectivity index (χ2n) is 7.74. The van der Waals surface area contributed by atoms with E-state index in [4.69, 9.17) is 9.15 Å². The molecule has 3 heterocycles. The van der Waals surface area contributed by atoms with Crippen LogP contribution in [0.4, 0.5) is 0 Å². The van der Waals surface area contributed by atoms with Gasteiger partial charge >= 0.3 is 5.63 Å². The van der Waals surface area contributed by atoms with E-state index in [0.717, 1.165) is 28.8 Å². The van der Waals surface area contributed by atoms with Crippen molar-refractivity contribution < 1.29 is 13.9 Å². The van der Waals surface area contributed by atoms with Crippen LogP contribution >= 0.6 is 11.8 Å². The standard InChI is InChI=1S/C24H26N4O4S/c1-15-17-8-7-16(31-2)14-20(17)32-24(30)18(15)9-10-22(29)25-19(11-13-33-3)23-27-26-21-6-4-5-12-28(21)23/h4-8,12,14,19H,9-11,13H2,1-3H3,(H,25,29). The third-order valence-electron chi connectivity index (χ3n) is 5.69. The quantitative estimate of drug-likeness (QED) is 0.376. The largest absolute Gasteiger partial charge is 0.497 e. The van der Waals surface area contributed by atoms with Gasteiger partial charge in [-0.3, -0.25) is 9.20 Å². The smallest absolute Gasteiger partial charge is 0.339 e. The summed E-state index contributed by atoms with van der Waals surface area (Å²) >= 11 is 1.71. The fraction of sp³-hybridized carbons (Fsp3) is 0.333. The highest BCUT2D eigenvalue weighted by molar-refractivity contribution is 7.98. The molecule has 172 valence electrons. The van der Waals surface area contributed by atoms with Crippen LogP contribution in [0.1, 0.15) is 35.8 Å². The number of fused-ring (bicyclic) bond motifs is 2. The Hall–Kier alpha value is -3.33. The minimum absolute atomic E-state index is 0.151. The molecule has 0 aliphatic rings. The topological polar surface area (TPSA) is 98.7 Å². The molecule has 0 radical (unpaired) electrons. The van der Waals surface area contributed by atoms with Crippen molar-refractivity contribution in [1.29, 1.82) is 0 Å². The van der Waals surface area contributed by atoms with Gasteiger partial charge in [0.15, 0.2) is 11.5 Å². The minimum Gasteiger partial charge on any atom is -0.497 e. The number of nitrogens with one attached hydrogen (secondary N) is 1. The number of nitrogens with zero attached hydrogens (tertiary/aromatic N) is 3. The number of pyridine rings is 1.